The summed E-state index contributed by atoms with van der Waals surface area (Å²) in [6.45, 7) is 6.57. The van der Waals surface area contributed by atoms with Gasteiger partial charge < -0.3 is 5.73 Å². The van der Waals surface area contributed by atoms with Gasteiger partial charge in [-0.25, -0.2) is 4.99 Å². The second kappa shape index (κ2) is 12.5. The highest BCUT2D eigenvalue weighted by Crippen LogP contribution is 2.26. The van der Waals surface area contributed by atoms with Crippen LogP contribution in [0.25, 0.3) is 22.3 Å². The first-order chi connectivity index (χ1) is 18.1. The van der Waals surface area contributed by atoms with Crippen molar-refractivity contribution in [3.8, 4) is 22.3 Å². The number of aryl methyl sites for hydroxylation is 1. The van der Waals surface area contributed by atoms with Gasteiger partial charge in [0.2, 0.25) is 0 Å². The maximum absolute atomic E-state index is 6.36. The summed E-state index contributed by atoms with van der Waals surface area (Å²) in [5.74, 6) is 1.06. The third kappa shape index (κ3) is 6.80. The van der Waals surface area contributed by atoms with Crippen LogP contribution < -0.4 is 5.73 Å². The summed E-state index contributed by atoms with van der Waals surface area (Å²) in [5, 5.41) is 0. The third-order valence-electron chi connectivity index (χ3n) is 6.15. The molecule has 4 aromatic carbocycles. The minimum absolute atomic E-state index is 0.447. The molecule has 3 heteroatoms. The van der Waals surface area contributed by atoms with Crippen LogP contribution in [0.4, 0.5) is 0 Å². The van der Waals surface area contributed by atoms with Gasteiger partial charge >= 0.3 is 0 Å². The molecule has 0 saturated heterocycles. The zero-order chi connectivity index (χ0) is 26.0. The molecule has 37 heavy (non-hydrogen) atoms. The molecular weight excluding hydrogens is 450 g/mol. The van der Waals surface area contributed by atoms with Gasteiger partial charge in [-0.15, -0.1) is 0 Å². The van der Waals surface area contributed by atoms with E-state index in [9.17, 15) is 0 Å². The van der Waals surface area contributed by atoms with Gasteiger partial charge in [-0.3, -0.25) is 4.99 Å². The molecule has 184 valence electrons. The van der Waals surface area contributed by atoms with E-state index >= 15 is 0 Å². The van der Waals surface area contributed by atoms with Crippen LogP contribution in [-0.4, -0.2) is 11.7 Å². The first kappa shape index (κ1) is 25.6. The first-order valence-corrected chi connectivity index (χ1v) is 12.6. The highest BCUT2D eigenvalue weighted by molar-refractivity contribution is 6.11. The Labute approximate surface area is 220 Å². The van der Waals surface area contributed by atoms with E-state index in [1.807, 2.05) is 50.3 Å². The molecule has 0 fully saturated rings. The Morgan fingerprint density at radius 3 is 1.95 bits per heavy atom. The largest absolute Gasteiger partial charge is 0.383 e. The van der Waals surface area contributed by atoms with Crippen LogP contribution in [0.15, 0.2) is 137 Å². The minimum atomic E-state index is 0.447. The molecule has 2 N–H and O–H groups in total. The van der Waals surface area contributed by atoms with Gasteiger partial charge in [0.05, 0.1) is 6.54 Å². The summed E-state index contributed by atoms with van der Waals surface area (Å²) in [5.41, 5.74) is 15.3. The maximum atomic E-state index is 6.36. The fourth-order valence-electron chi connectivity index (χ4n) is 4.12. The van der Waals surface area contributed by atoms with Gasteiger partial charge in [0.25, 0.3) is 0 Å². The van der Waals surface area contributed by atoms with Crippen molar-refractivity contribution in [3.63, 3.8) is 0 Å². The molecule has 0 unspecified atom stereocenters. The Hall–Kier alpha value is -4.50. The van der Waals surface area contributed by atoms with Crippen LogP contribution in [0.3, 0.4) is 0 Å². The molecule has 4 rings (SSSR count). The lowest BCUT2D eigenvalue weighted by Gasteiger charge is -2.09. The van der Waals surface area contributed by atoms with Crippen LogP contribution in [0.5, 0.6) is 0 Å². The molecule has 3 nitrogen and oxygen atoms in total. The average molecular weight is 484 g/mol. The van der Waals surface area contributed by atoms with Gasteiger partial charge in [0.1, 0.15) is 5.84 Å². The highest BCUT2D eigenvalue weighted by Gasteiger charge is 2.08. The van der Waals surface area contributed by atoms with Crippen LogP contribution in [0.1, 0.15) is 30.5 Å². The van der Waals surface area contributed by atoms with Gasteiger partial charge in [-0.05, 0) is 48.6 Å². The van der Waals surface area contributed by atoms with Crippen molar-refractivity contribution in [2.75, 3.05) is 0 Å². The molecule has 4 aromatic rings. The number of amidine groups is 2. The number of nitrogens with zero attached hydrogens (tertiary/aromatic N) is 2. The Bertz CT molecular complexity index is 1440. The van der Waals surface area contributed by atoms with Crippen LogP contribution in [0.2, 0.25) is 0 Å². The molecule has 0 atom stereocenters. The summed E-state index contributed by atoms with van der Waals surface area (Å²) in [4.78, 5) is 9.56. The minimum Gasteiger partial charge on any atom is -0.383 e. The van der Waals surface area contributed by atoms with Crippen molar-refractivity contribution in [1.82, 2.24) is 0 Å². The van der Waals surface area contributed by atoms with Gasteiger partial charge in [-0.2, -0.15) is 0 Å². The van der Waals surface area contributed by atoms with E-state index in [-0.39, 0.29) is 0 Å². The summed E-state index contributed by atoms with van der Waals surface area (Å²) >= 11 is 0. The maximum Gasteiger partial charge on any atom is 0.157 e. The molecule has 0 aliphatic rings. The molecular formula is C34H33N3. The molecule has 0 aliphatic carbocycles. The van der Waals surface area contributed by atoms with Crippen molar-refractivity contribution in [2.45, 2.75) is 27.3 Å². The summed E-state index contributed by atoms with van der Waals surface area (Å²) in [6.07, 6.45) is 5.87. The van der Waals surface area contributed by atoms with E-state index in [1.165, 1.54) is 16.7 Å². The normalized spacial score (nSPS) is 12.8. The molecule has 0 bridgehead atoms. The average Bonchev–Trinajstić information content (AvgIpc) is 2.94. The van der Waals surface area contributed by atoms with Gasteiger partial charge in [-0.1, -0.05) is 127 Å². The predicted molar refractivity (Wildman–Crippen MR) is 159 cm³/mol. The zero-order valence-corrected chi connectivity index (χ0v) is 21.7. The van der Waals surface area contributed by atoms with Crippen molar-refractivity contribution in [2.24, 2.45) is 15.7 Å². The number of hydrogen-bond acceptors (Lipinski definition) is 1. The van der Waals surface area contributed by atoms with Crippen molar-refractivity contribution in [1.29, 1.82) is 0 Å². The monoisotopic (exact) mass is 483 g/mol. The molecule has 0 amide bonds. The number of allylic oxidation sites excluding steroid dienone is 2. The van der Waals surface area contributed by atoms with Crippen LogP contribution >= 0.6 is 0 Å². The first-order valence-electron chi connectivity index (χ1n) is 12.6. The molecule has 0 aromatic heterocycles. The second-order valence-electron chi connectivity index (χ2n) is 8.89. The number of hydrogen-bond donors (Lipinski definition) is 1. The smallest absolute Gasteiger partial charge is 0.157 e. The topological polar surface area (TPSA) is 50.7 Å². The van der Waals surface area contributed by atoms with Crippen LogP contribution in [-0.2, 0) is 6.54 Å². The van der Waals surface area contributed by atoms with E-state index in [2.05, 4.69) is 91.9 Å². The lowest BCUT2D eigenvalue weighted by molar-refractivity contribution is 1.06. The summed E-state index contributed by atoms with van der Waals surface area (Å²) in [7, 11) is 0. The molecule has 0 spiro atoms. The Morgan fingerprint density at radius 2 is 1.35 bits per heavy atom. The fraction of sp³-hybridized carbons (Fsp3) is 0.118. The van der Waals surface area contributed by atoms with Crippen molar-refractivity contribution in [3.05, 3.63) is 144 Å². The fourth-order valence-corrected chi connectivity index (χ4v) is 4.12. The molecule has 0 saturated carbocycles. The van der Waals surface area contributed by atoms with E-state index in [1.54, 1.807) is 0 Å². The SMILES string of the molecule is C/C=C\C(=C/C)C(N)=NC(=NCc1ccccc1)c1ccc(-c2ccc(-c3cccc(C)c3)cc2)cc1. The summed E-state index contributed by atoms with van der Waals surface area (Å²) < 4.78 is 0. The van der Waals surface area contributed by atoms with Gasteiger partial charge in [0.15, 0.2) is 5.84 Å². The van der Waals surface area contributed by atoms with Gasteiger partial charge in [0, 0.05) is 11.1 Å². The van der Waals surface area contributed by atoms with E-state index in [4.69, 9.17) is 15.7 Å². The molecule has 0 heterocycles. The van der Waals surface area contributed by atoms with E-state index in [0.717, 1.165) is 27.8 Å². The predicted octanol–water partition coefficient (Wildman–Crippen LogP) is 8.16. The number of aliphatic imine (C=N–C) groups is 2. The summed E-state index contributed by atoms with van der Waals surface area (Å²) in [6, 6.07) is 35.8. The Morgan fingerprint density at radius 1 is 0.730 bits per heavy atom. The second-order valence-corrected chi connectivity index (χ2v) is 8.89. The molecule has 0 radical (unpaired) electrons. The zero-order valence-electron chi connectivity index (χ0n) is 21.7. The van der Waals surface area contributed by atoms with E-state index < -0.39 is 0 Å². The Balaban J connectivity index is 1.62. The quantitative estimate of drug-likeness (QED) is 0.161. The number of benzene rings is 4. The van der Waals surface area contributed by atoms with Crippen molar-refractivity contribution >= 4 is 11.7 Å². The van der Waals surface area contributed by atoms with Crippen molar-refractivity contribution < 1.29 is 0 Å². The standard InChI is InChI=1S/C34H33N3/c1-4-10-27(5-2)33(35)37-34(36-24-26-12-7-6-8-13-26)31-21-19-29(20-22-31)28-15-17-30(18-16-28)32-14-9-11-25(3)23-32/h4-23H,24H2,1-3H3,(H2,35,36,37)/b10-4-,27-5+. The molecule has 0 aliphatic heterocycles. The van der Waals surface area contributed by atoms with E-state index in [0.29, 0.717) is 18.2 Å². The number of rotatable bonds is 7. The Kier molecular flexibility index (Phi) is 8.62. The lowest BCUT2D eigenvalue weighted by Crippen LogP contribution is -2.17. The third-order valence-corrected chi connectivity index (χ3v) is 6.15. The van der Waals surface area contributed by atoms with Crippen LogP contribution in [0, 0.1) is 6.92 Å². The highest BCUT2D eigenvalue weighted by atomic mass is 15.0. The lowest BCUT2D eigenvalue weighted by atomic mass is 9.99. The number of nitrogens with two attached hydrogens (primary N) is 1.